The van der Waals surface area contributed by atoms with Gasteiger partial charge in [0, 0.05) is 30.6 Å². The lowest BCUT2D eigenvalue weighted by Crippen LogP contribution is -2.38. The molecule has 1 aromatic heterocycles. The Morgan fingerprint density at radius 1 is 1.33 bits per heavy atom. The SMILES string of the molecule is Cc1[nH]ncc1C(=O)N[C@@H]1CC(=O)N([C@H]2C[C@@H]2c2ccccc2)C1. The molecule has 6 nitrogen and oxygen atoms in total. The summed E-state index contributed by atoms with van der Waals surface area (Å²) in [4.78, 5) is 26.5. The van der Waals surface area contributed by atoms with Crippen LogP contribution in [0.1, 0.15) is 40.4 Å². The molecule has 2 aromatic rings. The minimum absolute atomic E-state index is 0.128. The van der Waals surface area contributed by atoms with E-state index < -0.39 is 0 Å². The molecule has 4 rings (SSSR count). The van der Waals surface area contributed by atoms with Crippen LogP contribution in [0.2, 0.25) is 0 Å². The summed E-state index contributed by atoms with van der Waals surface area (Å²) in [7, 11) is 0. The van der Waals surface area contributed by atoms with Crippen LogP contribution >= 0.6 is 0 Å². The van der Waals surface area contributed by atoms with Crippen molar-refractivity contribution in [1.29, 1.82) is 0 Å². The molecule has 2 heterocycles. The Hall–Kier alpha value is -2.63. The minimum Gasteiger partial charge on any atom is -0.347 e. The van der Waals surface area contributed by atoms with E-state index in [1.165, 1.54) is 11.8 Å². The molecule has 3 atom stereocenters. The van der Waals surface area contributed by atoms with Gasteiger partial charge < -0.3 is 10.2 Å². The molecular weight excluding hydrogens is 304 g/mol. The van der Waals surface area contributed by atoms with E-state index in [9.17, 15) is 9.59 Å². The molecule has 0 spiro atoms. The number of carbonyl (C=O) groups is 2. The fourth-order valence-corrected chi connectivity index (χ4v) is 3.58. The predicted octanol–water partition coefficient (Wildman–Crippen LogP) is 1.60. The first-order chi connectivity index (χ1) is 11.6. The van der Waals surface area contributed by atoms with Gasteiger partial charge in [0.25, 0.3) is 5.91 Å². The second-order valence-electron chi connectivity index (χ2n) is 6.65. The van der Waals surface area contributed by atoms with Gasteiger partial charge in [0.1, 0.15) is 0 Å². The lowest BCUT2D eigenvalue weighted by atomic mass is 10.1. The van der Waals surface area contributed by atoms with Crippen molar-refractivity contribution in [3.05, 3.63) is 53.3 Å². The zero-order valence-electron chi connectivity index (χ0n) is 13.5. The summed E-state index contributed by atoms with van der Waals surface area (Å²) in [5, 5.41) is 9.58. The van der Waals surface area contributed by atoms with Crippen molar-refractivity contribution in [2.75, 3.05) is 6.54 Å². The normalized spacial score (nSPS) is 25.8. The van der Waals surface area contributed by atoms with Gasteiger partial charge in [0.2, 0.25) is 5.91 Å². The number of likely N-dealkylation sites (tertiary alicyclic amines) is 1. The highest BCUT2D eigenvalue weighted by atomic mass is 16.2. The smallest absolute Gasteiger partial charge is 0.255 e. The number of aromatic nitrogens is 2. The predicted molar refractivity (Wildman–Crippen MR) is 88.5 cm³/mol. The van der Waals surface area contributed by atoms with E-state index >= 15 is 0 Å². The van der Waals surface area contributed by atoms with Crippen molar-refractivity contribution in [1.82, 2.24) is 20.4 Å². The summed E-state index contributed by atoms with van der Waals surface area (Å²) < 4.78 is 0. The molecule has 0 radical (unpaired) electrons. The maximum Gasteiger partial charge on any atom is 0.255 e. The monoisotopic (exact) mass is 324 g/mol. The van der Waals surface area contributed by atoms with Crippen LogP contribution in [0.4, 0.5) is 0 Å². The molecular formula is C18H20N4O2. The third kappa shape index (κ3) is 2.68. The van der Waals surface area contributed by atoms with Crippen molar-refractivity contribution < 1.29 is 9.59 Å². The van der Waals surface area contributed by atoms with E-state index in [0.717, 1.165) is 12.1 Å². The van der Waals surface area contributed by atoms with E-state index in [1.54, 1.807) is 0 Å². The number of hydrogen-bond donors (Lipinski definition) is 2. The Morgan fingerprint density at radius 3 is 2.83 bits per heavy atom. The molecule has 124 valence electrons. The highest BCUT2D eigenvalue weighted by molar-refractivity contribution is 5.95. The van der Waals surface area contributed by atoms with Gasteiger partial charge >= 0.3 is 0 Å². The first kappa shape index (κ1) is 14.9. The average Bonchev–Trinajstić information content (AvgIpc) is 3.12. The largest absolute Gasteiger partial charge is 0.347 e. The number of H-pyrrole nitrogens is 1. The molecule has 2 aliphatic rings. The molecule has 1 aliphatic carbocycles. The van der Waals surface area contributed by atoms with Crippen LogP contribution < -0.4 is 5.32 Å². The summed E-state index contributed by atoms with van der Waals surface area (Å²) in [5.74, 6) is 0.393. The molecule has 24 heavy (non-hydrogen) atoms. The molecule has 2 fully saturated rings. The van der Waals surface area contributed by atoms with Crippen LogP contribution in [0.15, 0.2) is 36.5 Å². The zero-order chi connectivity index (χ0) is 16.7. The van der Waals surface area contributed by atoms with Crippen LogP contribution in [0.25, 0.3) is 0 Å². The standard InChI is InChI=1S/C18H20N4O2/c1-11-15(9-19-21-11)18(24)20-13-7-17(23)22(10-13)16-8-14(16)12-5-3-2-4-6-12/h2-6,9,13-14,16H,7-8,10H2,1H3,(H,19,21)(H,20,24)/t13-,14-,16+/m1/s1. The summed E-state index contributed by atoms with van der Waals surface area (Å²) in [5.41, 5.74) is 2.56. The van der Waals surface area contributed by atoms with Gasteiger partial charge in [-0.25, -0.2) is 0 Å². The van der Waals surface area contributed by atoms with Gasteiger partial charge in [0.05, 0.1) is 17.8 Å². The highest BCUT2D eigenvalue weighted by Gasteiger charge is 2.48. The Bertz CT molecular complexity index is 770. The minimum atomic E-state index is -0.170. The van der Waals surface area contributed by atoms with Gasteiger partial charge in [-0.1, -0.05) is 30.3 Å². The number of rotatable bonds is 4. The number of aromatic amines is 1. The van der Waals surface area contributed by atoms with E-state index in [1.807, 2.05) is 30.0 Å². The Balaban J connectivity index is 1.38. The van der Waals surface area contributed by atoms with E-state index in [2.05, 4.69) is 27.6 Å². The van der Waals surface area contributed by atoms with Crippen molar-refractivity contribution in [3.8, 4) is 0 Å². The Kier molecular flexibility index (Phi) is 3.59. The summed E-state index contributed by atoms with van der Waals surface area (Å²) >= 11 is 0. The van der Waals surface area contributed by atoms with Crippen LogP contribution in [0, 0.1) is 6.92 Å². The molecule has 1 saturated heterocycles. The third-order valence-electron chi connectivity index (χ3n) is 4.95. The summed E-state index contributed by atoms with van der Waals surface area (Å²) in [6.45, 7) is 2.40. The van der Waals surface area contributed by atoms with E-state index in [-0.39, 0.29) is 23.9 Å². The number of amides is 2. The topological polar surface area (TPSA) is 78.1 Å². The second-order valence-corrected chi connectivity index (χ2v) is 6.65. The quantitative estimate of drug-likeness (QED) is 0.897. The lowest BCUT2D eigenvalue weighted by molar-refractivity contribution is -0.128. The first-order valence-corrected chi connectivity index (χ1v) is 8.28. The molecule has 1 aliphatic heterocycles. The number of aryl methyl sites for hydroxylation is 1. The maximum atomic E-state index is 12.3. The zero-order valence-corrected chi connectivity index (χ0v) is 13.5. The number of nitrogens with one attached hydrogen (secondary N) is 2. The fourth-order valence-electron chi connectivity index (χ4n) is 3.58. The van der Waals surface area contributed by atoms with Crippen molar-refractivity contribution >= 4 is 11.8 Å². The molecule has 1 saturated carbocycles. The molecule has 2 N–H and O–H groups in total. The molecule has 0 unspecified atom stereocenters. The number of benzene rings is 1. The average molecular weight is 324 g/mol. The molecule has 0 bridgehead atoms. The van der Waals surface area contributed by atoms with E-state index in [4.69, 9.17) is 0 Å². The third-order valence-corrected chi connectivity index (χ3v) is 4.95. The lowest BCUT2D eigenvalue weighted by Gasteiger charge is -2.17. The van der Waals surface area contributed by atoms with Gasteiger partial charge in [-0.05, 0) is 18.9 Å². The Labute approximate surface area is 140 Å². The summed E-state index contributed by atoms with van der Waals surface area (Å²) in [6, 6.07) is 10.5. The Morgan fingerprint density at radius 2 is 2.12 bits per heavy atom. The fraction of sp³-hybridized carbons (Fsp3) is 0.389. The van der Waals surface area contributed by atoms with Gasteiger partial charge in [-0.2, -0.15) is 5.10 Å². The first-order valence-electron chi connectivity index (χ1n) is 8.28. The van der Waals surface area contributed by atoms with Gasteiger partial charge in [0.15, 0.2) is 0 Å². The van der Waals surface area contributed by atoms with Crippen molar-refractivity contribution in [3.63, 3.8) is 0 Å². The maximum absolute atomic E-state index is 12.3. The molecule has 2 amide bonds. The van der Waals surface area contributed by atoms with Crippen molar-refractivity contribution in [2.24, 2.45) is 0 Å². The van der Waals surface area contributed by atoms with Crippen LogP contribution in [0.5, 0.6) is 0 Å². The number of hydrogen-bond acceptors (Lipinski definition) is 3. The molecule has 6 heteroatoms. The highest BCUT2D eigenvalue weighted by Crippen LogP contribution is 2.45. The van der Waals surface area contributed by atoms with Crippen LogP contribution in [-0.2, 0) is 4.79 Å². The number of nitrogens with zero attached hydrogens (tertiary/aromatic N) is 2. The van der Waals surface area contributed by atoms with Gasteiger partial charge in [-0.15, -0.1) is 0 Å². The van der Waals surface area contributed by atoms with Crippen LogP contribution in [0.3, 0.4) is 0 Å². The summed E-state index contributed by atoms with van der Waals surface area (Å²) in [6.07, 6.45) is 2.91. The van der Waals surface area contributed by atoms with Gasteiger partial charge in [-0.3, -0.25) is 14.7 Å². The number of carbonyl (C=O) groups excluding carboxylic acids is 2. The van der Waals surface area contributed by atoms with Crippen molar-refractivity contribution in [2.45, 2.75) is 37.8 Å². The molecule has 1 aromatic carbocycles. The van der Waals surface area contributed by atoms with Crippen LogP contribution in [-0.4, -0.2) is 45.5 Å². The second kappa shape index (κ2) is 5.78. The van der Waals surface area contributed by atoms with E-state index in [0.29, 0.717) is 24.4 Å².